The maximum absolute atomic E-state index is 11.6. The molecule has 0 aromatic rings. The van der Waals surface area contributed by atoms with Gasteiger partial charge in [0.2, 0.25) is 0 Å². The van der Waals surface area contributed by atoms with Gasteiger partial charge in [0.1, 0.15) is 0 Å². The highest BCUT2D eigenvalue weighted by atomic mass is 79.9. The molecule has 0 aliphatic rings. The molecule has 0 atom stereocenters. The molecule has 0 amide bonds. The van der Waals surface area contributed by atoms with Gasteiger partial charge in [0.05, 0.1) is 0 Å². The lowest BCUT2D eigenvalue weighted by atomic mass is 10.7. The molecular formula is C5Br2Cl6F8. The van der Waals surface area contributed by atoms with Gasteiger partial charge in [-0.05, 0) is 66.7 Å². The molecule has 16 heteroatoms. The largest absolute Gasteiger partial charge is 0.443 e. The van der Waals surface area contributed by atoms with Crippen LogP contribution < -0.4 is 0 Å². The zero-order chi connectivity index (χ0) is 18.5. The Kier molecular flexibility index (Phi) is 12.8. The maximum atomic E-state index is 11.6. The average Bonchev–Trinajstić information content (AvgIpc) is 1.91. The minimum absolute atomic E-state index is 1.72. The predicted molar refractivity (Wildman–Crippen MR) is 75.5 cm³/mol. The molecule has 0 radical (unpaired) electrons. The second-order valence-corrected chi connectivity index (χ2v) is 10.1. The highest BCUT2D eigenvalue weighted by Crippen LogP contribution is 2.44. The molecule has 0 aliphatic heterocycles. The Balaban J connectivity index is -0.000000239. The highest BCUT2D eigenvalue weighted by Gasteiger charge is 2.52. The normalized spacial score (nSPS) is 13.7. The molecule has 0 N–H and O–H groups in total. The van der Waals surface area contributed by atoms with Gasteiger partial charge < -0.3 is 0 Å². The summed E-state index contributed by atoms with van der Waals surface area (Å²) in [6.45, 7) is 0. The summed E-state index contributed by atoms with van der Waals surface area (Å²) in [6.07, 6.45) is -9.66. The Labute approximate surface area is 159 Å². The van der Waals surface area contributed by atoms with Gasteiger partial charge in [0.15, 0.2) is 0 Å². The van der Waals surface area contributed by atoms with Crippen LogP contribution in [0, 0.1) is 0 Å². The van der Waals surface area contributed by atoms with Crippen LogP contribution >= 0.6 is 101 Å². The van der Waals surface area contributed by atoms with E-state index >= 15 is 0 Å². The highest BCUT2D eigenvalue weighted by molar-refractivity contribution is 9.25. The first-order chi connectivity index (χ1) is 8.50. The molecule has 0 bridgehead atoms. The van der Waals surface area contributed by atoms with Crippen molar-refractivity contribution in [3.05, 3.63) is 0 Å². The van der Waals surface area contributed by atoms with Crippen molar-refractivity contribution in [1.82, 2.24) is 0 Å². The maximum Gasteiger partial charge on any atom is 0.443 e. The first-order valence-electron chi connectivity index (χ1n) is 3.52. The van der Waals surface area contributed by atoms with Gasteiger partial charge in [-0.25, -0.2) is 4.39 Å². The van der Waals surface area contributed by atoms with Crippen LogP contribution in [0.4, 0.5) is 35.1 Å². The summed E-state index contributed by atoms with van der Waals surface area (Å²) in [5.74, 6) is 0. The topological polar surface area (TPSA) is 0 Å². The SMILES string of the molecule is FC(Cl)(Cl)Cl.FC(F)(F)C(Cl)(Cl)Cl.FC(F)(F)C(F)(Br)Br. The molecule has 0 unspecified atom stereocenters. The fourth-order valence-corrected chi connectivity index (χ4v) is 0. The molecule has 0 spiro atoms. The minimum Gasteiger partial charge on any atom is -0.208 e. The van der Waals surface area contributed by atoms with Gasteiger partial charge in [-0.1, -0.05) is 34.8 Å². The second-order valence-electron chi connectivity index (χ2n) is 2.42. The molecule has 0 heterocycles. The van der Waals surface area contributed by atoms with Crippen molar-refractivity contribution in [2.45, 2.75) is 23.7 Å². The third-order valence-corrected chi connectivity index (χ3v) is 2.18. The summed E-state index contributed by atoms with van der Waals surface area (Å²) in [6, 6.07) is 0. The molecule has 132 valence electrons. The van der Waals surface area contributed by atoms with E-state index < -0.39 is 23.7 Å². The van der Waals surface area contributed by atoms with Crippen molar-refractivity contribution in [2.75, 3.05) is 0 Å². The Morgan fingerprint density at radius 3 is 0.619 bits per heavy atom. The summed E-state index contributed by atoms with van der Waals surface area (Å²) in [7, 11) is 0. The van der Waals surface area contributed by atoms with E-state index in [2.05, 4.69) is 69.6 Å². The molecule has 0 saturated heterocycles. The first-order valence-corrected chi connectivity index (χ1v) is 7.38. The summed E-state index contributed by atoms with van der Waals surface area (Å²) in [5, 5.41) is 0. The Morgan fingerprint density at radius 1 is 0.524 bits per heavy atom. The zero-order valence-corrected chi connectivity index (χ0v) is 16.3. The van der Waals surface area contributed by atoms with Crippen LogP contribution in [0.25, 0.3) is 0 Å². The van der Waals surface area contributed by atoms with Crippen LogP contribution in [0.3, 0.4) is 0 Å². The smallest absolute Gasteiger partial charge is 0.208 e. The van der Waals surface area contributed by atoms with E-state index in [4.69, 9.17) is 0 Å². The fourth-order valence-electron chi connectivity index (χ4n) is 0. The van der Waals surface area contributed by atoms with E-state index in [0.29, 0.717) is 0 Å². The Morgan fingerprint density at radius 2 is 0.619 bits per heavy atom. The minimum atomic E-state index is -4.90. The van der Waals surface area contributed by atoms with Gasteiger partial charge >= 0.3 is 19.9 Å². The van der Waals surface area contributed by atoms with E-state index in [-0.39, 0.29) is 0 Å². The van der Waals surface area contributed by atoms with Gasteiger partial charge in [-0.2, -0.15) is 30.7 Å². The molecule has 0 nitrogen and oxygen atoms in total. The third kappa shape index (κ3) is 22.1. The van der Waals surface area contributed by atoms with E-state index in [1.54, 1.807) is 31.9 Å². The van der Waals surface area contributed by atoms with Crippen molar-refractivity contribution in [1.29, 1.82) is 0 Å². The van der Waals surface area contributed by atoms with Crippen molar-refractivity contribution < 1.29 is 35.1 Å². The molecular weight excluding hydrogens is 585 g/mol. The summed E-state index contributed by atoms with van der Waals surface area (Å²) in [5.41, 5.74) is 0. The van der Waals surface area contributed by atoms with Crippen LogP contribution in [-0.4, -0.2) is 23.7 Å². The van der Waals surface area contributed by atoms with Crippen LogP contribution in [-0.2, 0) is 0 Å². The first kappa shape index (κ1) is 28.0. The van der Waals surface area contributed by atoms with Gasteiger partial charge in [-0.3, -0.25) is 0 Å². The lowest BCUT2D eigenvalue weighted by Crippen LogP contribution is -2.27. The Hall–Kier alpha value is 2.14. The van der Waals surface area contributed by atoms with E-state index in [0.717, 1.165) is 0 Å². The van der Waals surface area contributed by atoms with Gasteiger partial charge in [0.25, 0.3) is 3.79 Å². The van der Waals surface area contributed by atoms with E-state index in [9.17, 15) is 35.1 Å². The Bertz CT molecular complexity index is 232. The lowest BCUT2D eigenvalue weighted by molar-refractivity contribution is -0.160. The number of hydrogen-bond acceptors (Lipinski definition) is 0. The van der Waals surface area contributed by atoms with Gasteiger partial charge in [-0.15, -0.1) is 0 Å². The monoisotopic (exact) mass is 580 g/mol. The van der Waals surface area contributed by atoms with Crippen LogP contribution in [0.15, 0.2) is 0 Å². The van der Waals surface area contributed by atoms with Crippen LogP contribution in [0.5, 0.6) is 0 Å². The molecule has 21 heavy (non-hydrogen) atoms. The zero-order valence-electron chi connectivity index (χ0n) is 8.55. The predicted octanol–water partition coefficient (Wildman–Crippen LogP) is 8.16. The number of halogens is 16. The molecule has 0 aromatic carbocycles. The summed E-state index contributed by atoms with van der Waals surface area (Å²) < 4.78 is 80.2. The summed E-state index contributed by atoms with van der Waals surface area (Å²) in [4.78, 5) is 0. The van der Waals surface area contributed by atoms with Crippen molar-refractivity contribution in [2.24, 2.45) is 0 Å². The lowest BCUT2D eigenvalue weighted by Gasteiger charge is -2.13. The third-order valence-electron chi connectivity index (χ3n) is 0.643. The van der Waals surface area contributed by atoms with E-state index in [1.807, 2.05) is 0 Å². The number of alkyl halides is 16. The van der Waals surface area contributed by atoms with Gasteiger partial charge in [0, 0.05) is 0 Å². The van der Waals surface area contributed by atoms with Crippen molar-refractivity contribution >= 4 is 101 Å². The standard InChI is InChI=1S/C2Br2F4.C2Cl3F3.CCl3F/c2*3-1(4,5)2(6,7)8;2-1(3,4)5. The second kappa shape index (κ2) is 9.58. The van der Waals surface area contributed by atoms with Crippen molar-refractivity contribution in [3.8, 4) is 0 Å². The van der Waals surface area contributed by atoms with E-state index in [1.165, 1.54) is 0 Å². The molecule has 0 aliphatic carbocycles. The number of hydrogen-bond donors (Lipinski definition) is 0. The van der Waals surface area contributed by atoms with Crippen LogP contribution in [0.2, 0.25) is 0 Å². The summed E-state index contributed by atoms with van der Waals surface area (Å²) >= 11 is 29.9. The average molecular weight is 585 g/mol. The molecule has 0 fully saturated rings. The number of rotatable bonds is 0. The fraction of sp³-hybridized carbons (Fsp3) is 1.00. The molecule has 0 saturated carbocycles. The van der Waals surface area contributed by atoms with Crippen molar-refractivity contribution in [3.63, 3.8) is 0 Å². The van der Waals surface area contributed by atoms with Crippen LogP contribution in [0.1, 0.15) is 0 Å². The molecule has 0 aromatic heterocycles. The molecule has 0 rings (SSSR count). The quantitative estimate of drug-likeness (QED) is 0.199.